The molecule has 0 saturated heterocycles. The molecule has 4 bridgehead atoms. The first-order valence-electron chi connectivity index (χ1n) is 13.5. The van der Waals surface area contributed by atoms with E-state index in [1.54, 1.807) is 0 Å². The molecule has 0 spiro atoms. The van der Waals surface area contributed by atoms with Crippen LogP contribution in [0.25, 0.3) is 10.9 Å². The molecule has 7 nitrogen and oxygen atoms in total. The lowest BCUT2D eigenvalue weighted by Crippen LogP contribution is -2.47. The Balaban J connectivity index is 1.25. The molecule has 2 aromatic heterocycles. The molecule has 1 amide bonds. The number of para-hydroxylation sites is 1. The number of aryl methyl sites for hydroxylation is 1. The summed E-state index contributed by atoms with van der Waals surface area (Å²) in [5, 5.41) is 8.60. The first kappa shape index (κ1) is 23.6. The van der Waals surface area contributed by atoms with E-state index in [1.165, 1.54) is 38.5 Å². The molecule has 1 atom stereocenters. The number of benzene rings is 1. The molecular weight excluding hydrogens is 452 g/mol. The van der Waals surface area contributed by atoms with Crippen molar-refractivity contribution in [1.29, 1.82) is 0 Å². The Morgan fingerprint density at radius 3 is 2.50 bits per heavy atom. The van der Waals surface area contributed by atoms with Gasteiger partial charge in [0, 0.05) is 37.0 Å². The Morgan fingerprint density at radius 2 is 1.83 bits per heavy atom. The number of carbonyl (C=O) groups excluding carboxylic acids is 1. The van der Waals surface area contributed by atoms with E-state index in [2.05, 4.69) is 33.4 Å². The van der Waals surface area contributed by atoms with Crippen LogP contribution in [-0.2, 0) is 24.6 Å². The van der Waals surface area contributed by atoms with E-state index in [-0.39, 0.29) is 0 Å². The molecule has 4 fully saturated rings. The van der Waals surface area contributed by atoms with E-state index in [4.69, 9.17) is 14.2 Å². The van der Waals surface area contributed by atoms with Gasteiger partial charge in [0.25, 0.3) is 0 Å². The van der Waals surface area contributed by atoms with Crippen LogP contribution in [-0.4, -0.2) is 26.4 Å². The van der Waals surface area contributed by atoms with Crippen LogP contribution in [0.1, 0.15) is 82.6 Å². The number of aromatic nitrogens is 3. The maximum atomic E-state index is 12.8. The van der Waals surface area contributed by atoms with Crippen molar-refractivity contribution in [2.45, 2.75) is 83.8 Å². The summed E-state index contributed by atoms with van der Waals surface area (Å²) in [5.74, 6) is 3.89. The Labute approximate surface area is 213 Å². The molecule has 4 saturated carbocycles. The van der Waals surface area contributed by atoms with E-state index < -0.39 is 17.7 Å². The zero-order chi connectivity index (χ0) is 25.1. The van der Waals surface area contributed by atoms with Crippen molar-refractivity contribution in [3.8, 4) is 0 Å². The van der Waals surface area contributed by atoms with E-state index in [9.17, 15) is 4.79 Å². The van der Waals surface area contributed by atoms with Gasteiger partial charge in [0.15, 0.2) is 5.82 Å². The first-order chi connectivity index (χ1) is 17.1. The van der Waals surface area contributed by atoms with Crippen molar-refractivity contribution in [2.24, 2.45) is 30.2 Å². The average molecular weight is 491 g/mol. The molecule has 1 N–H and O–H groups in total. The summed E-state index contributed by atoms with van der Waals surface area (Å²) in [6.07, 6.45) is 11.2. The summed E-state index contributed by atoms with van der Waals surface area (Å²) in [7, 11) is 2.04. The van der Waals surface area contributed by atoms with E-state index in [0.717, 1.165) is 46.5 Å². The van der Waals surface area contributed by atoms with Gasteiger partial charge in [-0.2, -0.15) is 4.98 Å². The quantitative estimate of drug-likeness (QED) is 0.450. The predicted molar refractivity (Wildman–Crippen MR) is 137 cm³/mol. The maximum Gasteiger partial charge on any atom is 0.408 e. The molecule has 1 aromatic carbocycles. The number of rotatable bonds is 6. The summed E-state index contributed by atoms with van der Waals surface area (Å²) < 4.78 is 13.5. The van der Waals surface area contributed by atoms with Crippen molar-refractivity contribution >= 4 is 17.0 Å². The van der Waals surface area contributed by atoms with E-state index in [0.29, 0.717) is 17.7 Å². The standard InChI is InChI=1S/C29H38N4O3/c1-28(2,3)35-27(34)30-23(12-21-17-33(4)24-8-6-5-7-22(21)24)26-31-25(32-36-26)16-29-13-18-9-19(14-29)11-20(10-18)15-29/h5-8,17-20,23H,9-16H2,1-4H3,(H,30,34)/t18?,19?,20?,23-,29?/m0/s1. The smallest absolute Gasteiger partial charge is 0.408 e. The topological polar surface area (TPSA) is 82.2 Å². The lowest BCUT2D eigenvalue weighted by atomic mass is 9.49. The van der Waals surface area contributed by atoms with Crippen LogP contribution in [0.15, 0.2) is 35.0 Å². The lowest BCUT2D eigenvalue weighted by Gasteiger charge is -2.56. The van der Waals surface area contributed by atoms with Crippen LogP contribution in [0.4, 0.5) is 4.79 Å². The molecule has 0 radical (unpaired) electrons. The fourth-order valence-corrected chi connectivity index (χ4v) is 7.78. The van der Waals surface area contributed by atoms with Crippen molar-refractivity contribution in [3.05, 3.63) is 47.7 Å². The van der Waals surface area contributed by atoms with Crippen molar-refractivity contribution in [2.75, 3.05) is 0 Å². The molecule has 0 aliphatic heterocycles. The predicted octanol–water partition coefficient (Wildman–Crippen LogP) is 6.13. The van der Waals surface area contributed by atoms with Crippen LogP contribution in [0.5, 0.6) is 0 Å². The number of nitrogens with one attached hydrogen (secondary N) is 1. The third kappa shape index (κ3) is 4.64. The molecule has 4 aliphatic rings. The highest BCUT2D eigenvalue weighted by molar-refractivity contribution is 5.84. The van der Waals surface area contributed by atoms with Crippen LogP contribution in [0.2, 0.25) is 0 Å². The number of fused-ring (bicyclic) bond motifs is 1. The lowest BCUT2D eigenvalue weighted by molar-refractivity contribution is -0.0533. The highest BCUT2D eigenvalue weighted by atomic mass is 16.6. The highest BCUT2D eigenvalue weighted by Gasteiger charge is 2.51. The SMILES string of the molecule is Cn1cc(C[C@H](NC(=O)OC(C)(C)C)c2nc(CC34CC5CC(CC(C5)C3)C4)no2)c2ccccc21. The first-order valence-corrected chi connectivity index (χ1v) is 13.5. The summed E-state index contributed by atoms with van der Waals surface area (Å²) in [4.78, 5) is 17.6. The summed E-state index contributed by atoms with van der Waals surface area (Å²) >= 11 is 0. The molecule has 3 aromatic rings. The van der Waals surface area contributed by atoms with Crippen LogP contribution >= 0.6 is 0 Å². The number of carbonyl (C=O) groups is 1. The molecule has 4 aliphatic carbocycles. The van der Waals surface area contributed by atoms with Gasteiger partial charge in [0.1, 0.15) is 11.6 Å². The zero-order valence-corrected chi connectivity index (χ0v) is 21.9. The number of alkyl carbamates (subject to hydrolysis) is 1. The molecule has 7 rings (SSSR count). The largest absolute Gasteiger partial charge is 0.444 e. The van der Waals surface area contributed by atoms with Gasteiger partial charge >= 0.3 is 6.09 Å². The minimum absolute atomic E-state index is 0.333. The molecule has 36 heavy (non-hydrogen) atoms. The number of amides is 1. The maximum absolute atomic E-state index is 12.8. The molecule has 2 heterocycles. The second kappa shape index (κ2) is 8.63. The number of hydrogen-bond donors (Lipinski definition) is 1. The van der Waals surface area contributed by atoms with Gasteiger partial charge in [-0.25, -0.2) is 4.79 Å². The normalized spacial score (nSPS) is 27.9. The fourth-order valence-electron chi connectivity index (χ4n) is 7.78. The second-order valence-corrected chi connectivity index (χ2v) is 12.8. The highest BCUT2D eigenvalue weighted by Crippen LogP contribution is 2.60. The minimum atomic E-state index is -0.591. The Bertz CT molecular complexity index is 1230. The third-order valence-electron chi connectivity index (χ3n) is 8.57. The Kier molecular flexibility index (Phi) is 5.65. The summed E-state index contributed by atoms with van der Waals surface area (Å²) in [5.41, 5.74) is 2.01. The minimum Gasteiger partial charge on any atom is -0.444 e. The van der Waals surface area contributed by atoms with Crippen LogP contribution < -0.4 is 5.32 Å². The van der Waals surface area contributed by atoms with Gasteiger partial charge in [-0.15, -0.1) is 0 Å². The molecule has 192 valence electrons. The number of hydrogen-bond acceptors (Lipinski definition) is 5. The fraction of sp³-hybridized carbons (Fsp3) is 0.621. The van der Waals surface area contributed by atoms with Gasteiger partial charge < -0.3 is 19.1 Å². The van der Waals surface area contributed by atoms with E-state index in [1.807, 2.05) is 40.0 Å². The Morgan fingerprint density at radius 1 is 1.17 bits per heavy atom. The van der Waals surface area contributed by atoms with Gasteiger partial charge in [-0.1, -0.05) is 23.4 Å². The van der Waals surface area contributed by atoms with Crippen molar-refractivity contribution in [3.63, 3.8) is 0 Å². The molecule has 7 heteroatoms. The Hall–Kier alpha value is -2.83. The summed E-state index contributed by atoms with van der Waals surface area (Å²) in [6, 6.07) is 7.83. The summed E-state index contributed by atoms with van der Waals surface area (Å²) in [6.45, 7) is 5.59. The van der Waals surface area contributed by atoms with Gasteiger partial charge in [0.2, 0.25) is 5.89 Å². The van der Waals surface area contributed by atoms with Gasteiger partial charge in [0.05, 0.1) is 0 Å². The van der Waals surface area contributed by atoms with Crippen molar-refractivity contribution in [1.82, 2.24) is 20.0 Å². The van der Waals surface area contributed by atoms with Gasteiger partial charge in [-0.05, 0) is 94.1 Å². The average Bonchev–Trinajstić information content (AvgIpc) is 3.35. The van der Waals surface area contributed by atoms with E-state index >= 15 is 0 Å². The molecule has 0 unspecified atom stereocenters. The zero-order valence-electron chi connectivity index (χ0n) is 21.9. The third-order valence-corrected chi connectivity index (χ3v) is 8.57. The monoisotopic (exact) mass is 490 g/mol. The van der Waals surface area contributed by atoms with Gasteiger partial charge in [-0.3, -0.25) is 0 Å². The second-order valence-electron chi connectivity index (χ2n) is 12.8. The van der Waals surface area contributed by atoms with Crippen LogP contribution in [0.3, 0.4) is 0 Å². The number of ether oxygens (including phenoxy) is 1. The van der Waals surface area contributed by atoms with Crippen molar-refractivity contribution < 1.29 is 14.1 Å². The van der Waals surface area contributed by atoms with Crippen LogP contribution in [0, 0.1) is 23.2 Å². The molecular formula is C29H38N4O3. The number of nitrogens with zero attached hydrogens (tertiary/aromatic N) is 3.